The van der Waals surface area contributed by atoms with E-state index < -0.39 is 5.41 Å². The summed E-state index contributed by atoms with van der Waals surface area (Å²) in [7, 11) is 0. The molecule has 1 aromatic rings. The predicted molar refractivity (Wildman–Crippen MR) is 90.1 cm³/mol. The second-order valence-electron chi connectivity index (χ2n) is 7.50. The fraction of sp³-hybridized carbons (Fsp3) is 0.556. The van der Waals surface area contributed by atoms with E-state index in [0.717, 1.165) is 6.42 Å². The van der Waals surface area contributed by atoms with Gasteiger partial charge in [-0.2, -0.15) is 0 Å². The van der Waals surface area contributed by atoms with Crippen molar-refractivity contribution < 1.29 is 14.1 Å². The summed E-state index contributed by atoms with van der Waals surface area (Å²) in [6, 6.07) is 1.70. The normalized spacial score (nSPS) is 21.4. The van der Waals surface area contributed by atoms with E-state index in [1.807, 2.05) is 26.8 Å². The zero-order valence-corrected chi connectivity index (χ0v) is 14.5. The molecule has 0 N–H and O–H groups in total. The van der Waals surface area contributed by atoms with Gasteiger partial charge in [-0.25, -0.2) is 0 Å². The van der Waals surface area contributed by atoms with Crippen LogP contribution in [0.15, 0.2) is 27.2 Å². The zero-order chi connectivity index (χ0) is 17.5. The van der Waals surface area contributed by atoms with Crippen LogP contribution in [0.2, 0.25) is 0 Å². The summed E-state index contributed by atoms with van der Waals surface area (Å²) < 4.78 is 5.11. The molecule has 128 valence electrons. The minimum atomic E-state index is -0.437. The van der Waals surface area contributed by atoms with Crippen LogP contribution in [0, 0.1) is 10.8 Å². The van der Waals surface area contributed by atoms with Crippen LogP contribution in [0.4, 0.5) is 0 Å². The Kier molecular flexibility index (Phi) is 3.94. The third-order valence-electron chi connectivity index (χ3n) is 4.89. The van der Waals surface area contributed by atoms with E-state index in [0.29, 0.717) is 43.1 Å². The van der Waals surface area contributed by atoms with Crippen molar-refractivity contribution in [2.24, 2.45) is 15.8 Å². The van der Waals surface area contributed by atoms with Crippen molar-refractivity contribution in [2.45, 2.75) is 33.6 Å². The first-order chi connectivity index (χ1) is 11.3. The molecular weight excluding hydrogens is 306 g/mol. The smallest absolute Gasteiger partial charge is 0.276 e. The van der Waals surface area contributed by atoms with Crippen LogP contribution >= 0.6 is 0 Å². The van der Waals surface area contributed by atoms with Crippen molar-refractivity contribution in [1.82, 2.24) is 10.1 Å². The molecule has 0 unspecified atom stereocenters. The van der Waals surface area contributed by atoms with Gasteiger partial charge in [0, 0.05) is 42.0 Å². The number of Topliss-reactive ketones (excluding diaryl/α,β-unsaturated/α-hetero) is 1. The third kappa shape index (κ3) is 2.70. The van der Waals surface area contributed by atoms with Gasteiger partial charge in [0.05, 0.1) is 6.54 Å². The number of ketones is 1. The van der Waals surface area contributed by atoms with E-state index in [4.69, 9.17) is 4.52 Å². The summed E-state index contributed by atoms with van der Waals surface area (Å²) >= 11 is 0. The molecule has 2 aliphatic rings. The monoisotopic (exact) mass is 329 g/mol. The predicted octanol–water partition coefficient (Wildman–Crippen LogP) is 2.31. The molecule has 2 heterocycles. The Hall–Kier alpha value is -2.24. The number of aliphatic imine (C=N–C) groups is 1. The minimum Gasteiger partial charge on any atom is -0.361 e. The lowest BCUT2D eigenvalue weighted by Crippen LogP contribution is -2.61. The second kappa shape index (κ2) is 5.69. The van der Waals surface area contributed by atoms with Crippen molar-refractivity contribution in [3.63, 3.8) is 0 Å². The molecule has 1 fully saturated rings. The minimum absolute atomic E-state index is 0.115. The van der Waals surface area contributed by atoms with E-state index in [1.54, 1.807) is 11.0 Å². The molecule has 1 amide bonds. The van der Waals surface area contributed by atoms with Gasteiger partial charge in [0.1, 0.15) is 5.76 Å². The molecule has 0 saturated carbocycles. The maximum Gasteiger partial charge on any atom is 0.276 e. The number of carbonyl (C=O) groups is 2. The van der Waals surface area contributed by atoms with Crippen LogP contribution in [0.1, 0.15) is 43.4 Å². The highest BCUT2D eigenvalue weighted by atomic mass is 16.5. The maximum atomic E-state index is 12.5. The number of hydrogen-bond acceptors (Lipinski definition) is 5. The number of rotatable bonds is 4. The Labute approximate surface area is 141 Å². The number of aryl methyl sites for hydroxylation is 1. The van der Waals surface area contributed by atoms with Crippen LogP contribution in [0.3, 0.4) is 0 Å². The summed E-state index contributed by atoms with van der Waals surface area (Å²) in [6.45, 7) is 10.9. The molecule has 0 aromatic carbocycles. The first kappa shape index (κ1) is 16.6. The van der Waals surface area contributed by atoms with Crippen molar-refractivity contribution in [2.75, 3.05) is 19.6 Å². The van der Waals surface area contributed by atoms with E-state index in [-0.39, 0.29) is 17.1 Å². The summed E-state index contributed by atoms with van der Waals surface area (Å²) in [4.78, 5) is 30.6. The van der Waals surface area contributed by atoms with Gasteiger partial charge in [0.2, 0.25) is 0 Å². The highest BCUT2D eigenvalue weighted by Gasteiger charge is 2.52. The van der Waals surface area contributed by atoms with Gasteiger partial charge in [-0.05, 0) is 13.1 Å². The molecule has 1 saturated heterocycles. The maximum absolute atomic E-state index is 12.5. The molecule has 0 atom stereocenters. The van der Waals surface area contributed by atoms with Crippen LogP contribution in [0.25, 0.3) is 0 Å². The lowest BCUT2D eigenvalue weighted by atomic mass is 9.61. The lowest BCUT2D eigenvalue weighted by molar-refractivity contribution is -0.127. The molecule has 1 aliphatic carbocycles. The molecule has 6 heteroatoms. The number of aromatic nitrogens is 1. The summed E-state index contributed by atoms with van der Waals surface area (Å²) in [5, 5.41) is 3.85. The van der Waals surface area contributed by atoms with Crippen molar-refractivity contribution in [3.8, 4) is 0 Å². The SMILES string of the molecule is C=NCC1=CC2(CN(C(=O)c3cc(CC)on3)C2)CC(C)(C)C1=O. The molecule has 3 rings (SSSR count). The average molecular weight is 329 g/mol. The quantitative estimate of drug-likeness (QED) is 0.794. The zero-order valence-electron chi connectivity index (χ0n) is 14.5. The van der Waals surface area contributed by atoms with Gasteiger partial charge in [-0.3, -0.25) is 14.6 Å². The molecule has 6 nitrogen and oxygen atoms in total. The summed E-state index contributed by atoms with van der Waals surface area (Å²) in [5.41, 5.74) is 0.477. The number of amides is 1. The average Bonchev–Trinajstić information content (AvgIpc) is 2.97. The van der Waals surface area contributed by atoms with Gasteiger partial charge in [-0.1, -0.05) is 32.0 Å². The number of carbonyl (C=O) groups excluding carboxylic acids is 2. The Balaban J connectivity index is 1.77. The van der Waals surface area contributed by atoms with Crippen LogP contribution in [-0.4, -0.2) is 48.1 Å². The Bertz CT molecular complexity index is 724. The Morgan fingerprint density at radius 1 is 1.46 bits per heavy atom. The fourth-order valence-corrected chi connectivity index (χ4v) is 3.92. The fourth-order valence-electron chi connectivity index (χ4n) is 3.92. The van der Waals surface area contributed by atoms with Gasteiger partial charge >= 0.3 is 0 Å². The summed E-state index contributed by atoms with van der Waals surface area (Å²) in [5.74, 6) is 0.724. The molecule has 1 aliphatic heterocycles. The van der Waals surface area contributed by atoms with Crippen molar-refractivity contribution >= 4 is 18.4 Å². The van der Waals surface area contributed by atoms with Crippen molar-refractivity contribution in [3.05, 3.63) is 29.2 Å². The molecule has 0 radical (unpaired) electrons. The summed E-state index contributed by atoms with van der Waals surface area (Å²) in [6.07, 6.45) is 3.46. The van der Waals surface area contributed by atoms with Gasteiger partial charge < -0.3 is 9.42 Å². The topological polar surface area (TPSA) is 75.8 Å². The highest BCUT2D eigenvalue weighted by Crippen LogP contribution is 2.48. The lowest BCUT2D eigenvalue weighted by Gasteiger charge is -2.53. The molecule has 24 heavy (non-hydrogen) atoms. The van der Waals surface area contributed by atoms with Crippen LogP contribution < -0.4 is 0 Å². The molecule has 1 aromatic heterocycles. The first-order valence-electron chi connectivity index (χ1n) is 8.24. The number of likely N-dealkylation sites (tertiary alicyclic amines) is 1. The molecular formula is C18H23N3O3. The molecule has 1 spiro atoms. The molecule has 0 bridgehead atoms. The van der Waals surface area contributed by atoms with Crippen LogP contribution in [0.5, 0.6) is 0 Å². The third-order valence-corrected chi connectivity index (χ3v) is 4.89. The van der Waals surface area contributed by atoms with Crippen LogP contribution in [-0.2, 0) is 11.2 Å². The number of hydrogen-bond donors (Lipinski definition) is 0. The van der Waals surface area contributed by atoms with E-state index >= 15 is 0 Å². The standard InChI is InChI=1S/C18H23N3O3/c1-5-13-6-14(20-24-13)16(23)21-10-18(11-21)7-12(8-19-4)15(22)17(2,3)9-18/h6-7H,4-5,8-11H2,1-3H3. The number of nitrogens with zero attached hydrogens (tertiary/aromatic N) is 3. The van der Waals surface area contributed by atoms with Gasteiger partial charge in [0.15, 0.2) is 11.5 Å². The van der Waals surface area contributed by atoms with E-state index in [1.165, 1.54) is 0 Å². The highest BCUT2D eigenvalue weighted by molar-refractivity contribution is 6.01. The first-order valence-corrected chi connectivity index (χ1v) is 8.24. The Morgan fingerprint density at radius 3 is 2.75 bits per heavy atom. The van der Waals surface area contributed by atoms with E-state index in [9.17, 15) is 9.59 Å². The van der Waals surface area contributed by atoms with Gasteiger partial charge in [-0.15, -0.1) is 0 Å². The van der Waals surface area contributed by atoms with Crippen molar-refractivity contribution in [1.29, 1.82) is 0 Å². The Morgan fingerprint density at radius 2 is 2.17 bits per heavy atom. The van der Waals surface area contributed by atoms with E-state index in [2.05, 4.69) is 16.9 Å². The largest absolute Gasteiger partial charge is 0.361 e. The second-order valence-corrected chi connectivity index (χ2v) is 7.50. The van der Waals surface area contributed by atoms with Gasteiger partial charge in [0.25, 0.3) is 5.91 Å².